The molecule has 1 saturated heterocycles. The van der Waals surface area contributed by atoms with Crippen molar-refractivity contribution in [1.29, 1.82) is 5.41 Å². The van der Waals surface area contributed by atoms with Gasteiger partial charge in [0.15, 0.2) is 5.03 Å². The Kier molecular flexibility index (Phi) is 3.96. The van der Waals surface area contributed by atoms with Crippen LogP contribution in [-0.2, 0) is 16.9 Å². The first kappa shape index (κ1) is 17.9. The molecule has 1 N–H and O–H groups in total. The molecule has 1 aromatic heterocycles. The lowest BCUT2D eigenvalue weighted by Gasteiger charge is -2.17. The number of fused-ring (bicyclic) bond motifs is 2. The van der Waals surface area contributed by atoms with Crippen LogP contribution in [0.2, 0.25) is 0 Å². The van der Waals surface area contributed by atoms with Crippen molar-refractivity contribution in [2.24, 2.45) is 7.05 Å². The smallest absolute Gasteiger partial charge is 0.224 e. The summed E-state index contributed by atoms with van der Waals surface area (Å²) in [5.74, 6) is 0. The van der Waals surface area contributed by atoms with Gasteiger partial charge in [0.05, 0.1) is 17.0 Å². The summed E-state index contributed by atoms with van der Waals surface area (Å²) in [4.78, 5) is 2.39. The highest BCUT2D eigenvalue weighted by Gasteiger charge is 2.28. The Morgan fingerprint density at radius 3 is 2.59 bits per heavy atom. The van der Waals surface area contributed by atoms with Crippen molar-refractivity contribution in [3.05, 3.63) is 60.7 Å². The average Bonchev–Trinajstić information content (AvgIpc) is 3.29. The zero-order chi connectivity index (χ0) is 20.2. The van der Waals surface area contributed by atoms with Crippen LogP contribution in [-0.4, -0.2) is 37.0 Å². The molecule has 2 heterocycles. The molecule has 1 aliphatic heterocycles. The van der Waals surface area contributed by atoms with Crippen LogP contribution in [0.4, 0.5) is 5.69 Å². The second kappa shape index (κ2) is 6.42. The first-order valence-electron chi connectivity index (χ1n) is 9.46. The predicted molar refractivity (Wildman–Crippen MR) is 115 cm³/mol. The third-order valence-corrected chi connectivity index (χ3v) is 7.41. The summed E-state index contributed by atoms with van der Waals surface area (Å²) in [6.07, 6.45) is 0.742. The standard InChI is InChI=1S/C22H20N4O2S/c1-25-22(29(27,28)21-8-4-6-15-5-2-3-7-18(15)21)19-13-17(9-10-20(19)24-25)26-12-11-16(23)14-26/h2-10,13,23H,11-12,14H2,1H3. The van der Waals surface area contributed by atoms with Gasteiger partial charge in [0.2, 0.25) is 9.84 Å². The lowest BCUT2D eigenvalue weighted by Crippen LogP contribution is -2.19. The number of sulfone groups is 1. The molecule has 4 aromatic rings. The van der Waals surface area contributed by atoms with Crippen molar-refractivity contribution in [2.45, 2.75) is 16.3 Å². The Hall–Kier alpha value is -3.19. The van der Waals surface area contributed by atoms with Gasteiger partial charge in [0.1, 0.15) is 0 Å². The number of nitrogens with one attached hydrogen (secondary N) is 1. The van der Waals surface area contributed by atoms with Crippen LogP contribution >= 0.6 is 0 Å². The highest BCUT2D eigenvalue weighted by atomic mass is 32.2. The number of rotatable bonds is 3. The summed E-state index contributed by atoms with van der Waals surface area (Å²) in [5.41, 5.74) is 2.26. The number of benzene rings is 3. The number of aromatic nitrogens is 2. The molecule has 0 amide bonds. The third kappa shape index (κ3) is 2.81. The molecule has 0 atom stereocenters. The Balaban J connectivity index is 1.73. The molecule has 0 unspecified atom stereocenters. The van der Waals surface area contributed by atoms with E-state index in [1.54, 1.807) is 19.2 Å². The number of nitrogens with zero attached hydrogens (tertiary/aromatic N) is 3. The van der Waals surface area contributed by atoms with E-state index in [0.29, 0.717) is 28.5 Å². The normalized spacial score (nSPS) is 14.9. The predicted octanol–water partition coefficient (Wildman–Crippen LogP) is 3.79. The molecule has 0 saturated carbocycles. The molecule has 7 heteroatoms. The molecule has 0 radical (unpaired) electrons. The second-order valence-corrected chi connectivity index (χ2v) is 9.22. The van der Waals surface area contributed by atoms with Crippen LogP contribution in [0.5, 0.6) is 0 Å². The van der Waals surface area contributed by atoms with E-state index in [-0.39, 0.29) is 9.92 Å². The van der Waals surface area contributed by atoms with Crippen LogP contribution in [0, 0.1) is 5.41 Å². The van der Waals surface area contributed by atoms with E-state index in [9.17, 15) is 8.42 Å². The Morgan fingerprint density at radius 2 is 1.79 bits per heavy atom. The molecule has 0 spiro atoms. The number of hydrogen-bond acceptors (Lipinski definition) is 5. The molecule has 3 aromatic carbocycles. The van der Waals surface area contributed by atoms with Gasteiger partial charge in [-0.05, 0) is 29.7 Å². The van der Waals surface area contributed by atoms with Crippen molar-refractivity contribution >= 4 is 42.9 Å². The average molecular weight is 404 g/mol. The lowest BCUT2D eigenvalue weighted by atomic mass is 10.1. The Bertz CT molecular complexity index is 1380. The molecular formula is C22H20N4O2S. The molecule has 0 bridgehead atoms. The fraction of sp³-hybridized carbons (Fsp3) is 0.182. The van der Waals surface area contributed by atoms with Crippen molar-refractivity contribution < 1.29 is 8.42 Å². The van der Waals surface area contributed by atoms with Gasteiger partial charge < -0.3 is 10.3 Å². The van der Waals surface area contributed by atoms with E-state index < -0.39 is 9.84 Å². The minimum atomic E-state index is -3.79. The largest absolute Gasteiger partial charge is 0.366 e. The van der Waals surface area contributed by atoms with Crippen LogP contribution in [0.25, 0.3) is 21.7 Å². The van der Waals surface area contributed by atoms with Gasteiger partial charge >= 0.3 is 0 Å². The zero-order valence-electron chi connectivity index (χ0n) is 16.0. The van der Waals surface area contributed by atoms with Crippen molar-refractivity contribution in [3.63, 3.8) is 0 Å². The summed E-state index contributed by atoms with van der Waals surface area (Å²) < 4.78 is 28.9. The minimum Gasteiger partial charge on any atom is -0.366 e. The van der Waals surface area contributed by atoms with E-state index in [1.807, 2.05) is 48.5 Å². The lowest BCUT2D eigenvalue weighted by molar-refractivity contribution is 0.580. The highest BCUT2D eigenvalue weighted by Crippen LogP contribution is 2.34. The molecular weight excluding hydrogens is 384 g/mol. The van der Waals surface area contributed by atoms with E-state index in [1.165, 1.54) is 4.68 Å². The van der Waals surface area contributed by atoms with Gasteiger partial charge in [-0.25, -0.2) is 8.42 Å². The summed E-state index contributed by atoms with van der Waals surface area (Å²) in [7, 11) is -2.12. The maximum Gasteiger partial charge on any atom is 0.224 e. The summed E-state index contributed by atoms with van der Waals surface area (Å²) in [5, 5.41) is 14.7. The quantitative estimate of drug-likeness (QED) is 0.563. The molecule has 0 aliphatic carbocycles. The van der Waals surface area contributed by atoms with Gasteiger partial charge in [0.25, 0.3) is 0 Å². The van der Waals surface area contributed by atoms with Crippen LogP contribution in [0.1, 0.15) is 6.42 Å². The van der Waals surface area contributed by atoms with E-state index in [2.05, 4.69) is 10.00 Å². The fourth-order valence-corrected chi connectivity index (χ4v) is 5.88. The van der Waals surface area contributed by atoms with Crippen molar-refractivity contribution in [1.82, 2.24) is 9.78 Å². The van der Waals surface area contributed by atoms with Crippen molar-refractivity contribution in [3.8, 4) is 0 Å². The van der Waals surface area contributed by atoms with Gasteiger partial charge in [-0.15, -0.1) is 0 Å². The van der Waals surface area contributed by atoms with Gasteiger partial charge in [-0.2, -0.15) is 5.10 Å². The number of anilines is 1. The monoisotopic (exact) mass is 404 g/mol. The molecule has 5 rings (SSSR count). The maximum atomic E-state index is 13.7. The summed E-state index contributed by atoms with van der Waals surface area (Å²) in [6.45, 7) is 1.35. The highest BCUT2D eigenvalue weighted by molar-refractivity contribution is 7.91. The maximum absolute atomic E-state index is 13.7. The van der Waals surface area contributed by atoms with Crippen LogP contribution < -0.4 is 4.90 Å². The number of aryl methyl sites for hydroxylation is 1. The Morgan fingerprint density at radius 1 is 1.00 bits per heavy atom. The van der Waals surface area contributed by atoms with Crippen molar-refractivity contribution in [2.75, 3.05) is 18.0 Å². The molecule has 146 valence electrons. The molecule has 1 aliphatic rings. The van der Waals surface area contributed by atoms with Gasteiger partial charge in [-0.3, -0.25) is 4.68 Å². The van der Waals surface area contributed by atoms with Crippen LogP contribution in [0.15, 0.2) is 70.6 Å². The summed E-state index contributed by atoms with van der Waals surface area (Å²) >= 11 is 0. The first-order chi connectivity index (χ1) is 13.9. The van der Waals surface area contributed by atoms with Gasteiger partial charge in [-0.1, -0.05) is 36.4 Å². The van der Waals surface area contributed by atoms with E-state index >= 15 is 0 Å². The van der Waals surface area contributed by atoms with Gasteiger partial charge in [0, 0.05) is 42.2 Å². The molecule has 29 heavy (non-hydrogen) atoms. The zero-order valence-corrected chi connectivity index (χ0v) is 16.8. The van der Waals surface area contributed by atoms with Crippen LogP contribution in [0.3, 0.4) is 0 Å². The van der Waals surface area contributed by atoms with E-state index in [4.69, 9.17) is 5.41 Å². The summed E-state index contributed by atoms with van der Waals surface area (Å²) in [6, 6.07) is 18.5. The topological polar surface area (TPSA) is 79.1 Å². The third-order valence-electron chi connectivity index (χ3n) is 5.49. The fourth-order valence-electron chi connectivity index (χ4n) is 4.09. The minimum absolute atomic E-state index is 0.194. The first-order valence-corrected chi connectivity index (χ1v) is 10.9. The SMILES string of the molecule is Cn1nc2ccc(N3CCC(=N)C3)cc2c1S(=O)(=O)c1cccc2ccccc12. The number of hydrogen-bond donors (Lipinski definition) is 1. The van der Waals surface area contributed by atoms with E-state index in [0.717, 1.165) is 24.0 Å². The Labute approximate surface area is 168 Å². The molecule has 1 fully saturated rings. The second-order valence-electron chi connectivity index (χ2n) is 7.39. The molecule has 6 nitrogen and oxygen atoms in total.